The van der Waals surface area contributed by atoms with Gasteiger partial charge < -0.3 is 24.8 Å². The molecular weight excluding hydrogens is 430 g/mol. The minimum atomic E-state index is -0.506. The molecule has 1 fully saturated rings. The Morgan fingerprint density at radius 3 is 2.94 bits per heavy atom. The molecule has 0 amide bonds. The molecule has 2 heterocycles. The Morgan fingerprint density at radius 2 is 2.12 bits per heavy atom. The quantitative estimate of drug-likeness (QED) is 0.663. The molecule has 0 spiro atoms. The third-order valence-electron chi connectivity index (χ3n) is 5.47. The van der Waals surface area contributed by atoms with Gasteiger partial charge in [-0.05, 0) is 44.2 Å². The van der Waals surface area contributed by atoms with E-state index in [1.165, 1.54) is 0 Å². The van der Waals surface area contributed by atoms with E-state index < -0.39 is 6.10 Å². The second-order valence-corrected chi connectivity index (χ2v) is 8.77. The van der Waals surface area contributed by atoms with Gasteiger partial charge in [0, 0.05) is 37.1 Å². The molecule has 32 heavy (non-hydrogen) atoms. The molecule has 170 valence electrons. The van der Waals surface area contributed by atoms with Crippen LogP contribution in [0.1, 0.15) is 32.3 Å². The first-order valence-corrected chi connectivity index (χ1v) is 11.3. The van der Waals surface area contributed by atoms with Crippen LogP contribution in [0.2, 0.25) is 5.02 Å². The molecule has 0 aliphatic carbocycles. The number of rotatable bonds is 5. The predicted octanol–water partition coefficient (Wildman–Crippen LogP) is 3.89. The van der Waals surface area contributed by atoms with Crippen molar-refractivity contribution in [2.75, 3.05) is 19.6 Å². The number of carbonyl (C=O) groups is 1. The van der Waals surface area contributed by atoms with Crippen LogP contribution in [0, 0.1) is 0 Å². The number of amidine groups is 1. The zero-order valence-electron chi connectivity index (χ0n) is 18.3. The van der Waals surface area contributed by atoms with Crippen molar-refractivity contribution in [2.24, 2.45) is 4.99 Å². The molecule has 4 rings (SSSR count). The van der Waals surface area contributed by atoms with E-state index >= 15 is 0 Å². The number of para-hydroxylation sites is 1. The van der Waals surface area contributed by atoms with Gasteiger partial charge in [-0.3, -0.25) is 4.79 Å². The number of aliphatic hydroxyl groups is 1. The molecule has 2 aromatic carbocycles. The van der Waals surface area contributed by atoms with Crippen molar-refractivity contribution in [3.63, 3.8) is 0 Å². The maximum Gasteiger partial charge on any atom is 0.307 e. The third-order valence-corrected chi connectivity index (χ3v) is 5.70. The maximum atomic E-state index is 12.4. The van der Waals surface area contributed by atoms with Crippen molar-refractivity contribution >= 4 is 29.1 Å². The predicted molar refractivity (Wildman–Crippen MR) is 124 cm³/mol. The molecule has 2 aliphatic heterocycles. The fraction of sp³-hybridized carbons (Fsp3) is 0.417. The number of halogens is 1. The number of hydrogen-bond acceptors (Lipinski definition) is 7. The summed E-state index contributed by atoms with van der Waals surface area (Å²) in [6, 6.07) is 13.1. The third kappa shape index (κ3) is 5.41. The Bertz CT molecular complexity index is 1010. The highest BCUT2D eigenvalue weighted by molar-refractivity contribution is 6.31. The number of benzene rings is 2. The van der Waals surface area contributed by atoms with Crippen LogP contribution in [-0.4, -0.2) is 59.7 Å². The van der Waals surface area contributed by atoms with E-state index in [1.807, 2.05) is 30.3 Å². The molecule has 0 saturated carbocycles. The van der Waals surface area contributed by atoms with Crippen molar-refractivity contribution in [1.82, 2.24) is 10.2 Å². The van der Waals surface area contributed by atoms with E-state index in [0.29, 0.717) is 36.0 Å². The summed E-state index contributed by atoms with van der Waals surface area (Å²) in [4.78, 5) is 19.5. The first-order chi connectivity index (χ1) is 15.4. The number of carbonyl (C=O) groups excluding carboxylic acids is 1. The largest absolute Gasteiger partial charge is 0.463 e. The Morgan fingerprint density at radius 1 is 1.31 bits per heavy atom. The first-order valence-electron chi connectivity index (χ1n) is 10.9. The lowest BCUT2D eigenvalue weighted by molar-refractivity contribution is -0.150. The summed E-state index contributed by atoms with van der Waals surface area (Å²) in [5.74, 6) is 1.90. The number of nitrogens with one attached hydrogen (secondary N) is 1. The number of esters is 1. The van der Waals surface area contributed by atoms with E-state index in [2.05, 4.69) is 10.2 Å². The highest BCUT2D eigenvalue weighted by Gasteiger charge is 2.28. The minimum Gasteiger partial charge on any atom is -0.463 e. The summed E-state index contributed by atoms with van der Waals surface area (Å²) in [5.41, 5.74) is 1.57. The lowest BCUT2D eigenvalue weighted by Crippen LogP contribution is -2.53. The molecule has 0 aromatic heterocycles. The van der Waals surface area contributed by atoms with Crippen molar-refractivity contribution in [1.29, 1.82) is 0 Å². The zero-order valence-corrected chi connectivity index (χ0v) is 19.0. The average molecular weight is 458 g/mol. The number of piperazine rings is 1. The lowest BCUT2D eigenvalue weighted by atomic mass is 10.1. The summed E-state index contributed by atoms with van der Waals surface area (Å²) in [6.07, 6.45) is -0.160. The molecule has 0 unspecified atom stereocenters. The van der Waals surface area contributed by atoms with Gasteiger partial charge in [0.25, 0.3) is 0 Å². The highest BCUT2D eigenvalue weighted by atomic mass is 35.5. The van der Waals surface area contributed by atoms with E-state index in [0.717, 1.165) is 23.7 Å². The van der Waals surface area contributed by atoms with Crippen LogP contribution in [-0.2, 0) is 9.53 Å². The van der Waals surface area contributed by atoms with E-state index in [9.17, 15) is 9.90 Å². The normalized spacial score (nSPS) is 19.6. The Balaban J connectivity index is 1.53. The van der Waals surface area contributed by atoms with Gasteiger partial charge in [0.2, 0.25) is 0 Å². The molecular formula is C24H28ClN3O4. The Labute approximate surface area is 193 Å². The molecule has 2 aromatic rings. The molecule has 7 nitrogen and oxygen atoms in total. The summed E-state index contributed by atoms with van der Waals surface area (Å²) in [5, 5.41) is 13.5. The minimum absolute atomic E-state index is 0.0761. The number of aliphatic imine (C=N–C) groups is 1. The van der Waals surface area contributed by atoms with Crippen LogP contribution >= 0.6 is 11.6 Å². The number of nitrogens with zero attached hydrogens (tertiary/aromatic N) is 2. The zero-order chi connectivity index (χ0) is 22.7. The van der Waals surface area contributed by atoms with E-state index in [4.69, 9.17) is 26.1 Å². The van der Waals surface area contributed by atoms with Gasteiger partial charge in [0.1, 0.15) is 23.4 Å². The number of aliphatic hydroxyl groups excluding tert-OH is 1. The molecule has 3 atom stereocenters. The second kappa shape index (κ2) is 9.90. The summed E-state index contributed by atoms with van der Waals surface area (Å²) in [6.45, 7) is 5.54. The van der Waals surface area contributed by atoms with Crippen LogP contribution in [0.4, 0.5) is 5.69 Å². The highest BCUT2D eigenvalue weighted by Crippen LogP contribution is 2.39. The first kappa shape index (κ1) is 22.6. The van der Waals surface area contributed by atoms with Crippen LogP contribution in [0.3, 0.4) is 0 Å². The smallest absolute Gasteiger partial charge is 0.307 e. The maximum absolute atomic E-state index is 12.4. The fourth-order valence-electron chi connectivity index (χ4n) is 4.10. The van der Waals surface area contributed by atoms with Gasteiger partial charge in [0.15, 0.2) is 5.75 Å². The van der Waals surface area contributed by atoms with Crippen LogP contribution in [0.15, 0.2) is 47.5 Å². The van der Waals surface area contributed by atoms with Crippen LogP contribution in [0.5, 0.6) is 11.5 Å². The van der Waals surface area contributed by atoms with Crippen LogP contribution in [0.25, 0.3) is 0 Å². The molecule has 1 saturated heterocycles. The van der Waals surface area contributed by atoms with Gasteiger partial charge in [-0.25, -0.2) is 4.99 Å². The number of fused-ring (bicyclic) bond motifs is 2. The number of hydrogen-bond donors (Lipinski definition) is 2. The van der Waals surface area contributed by atoms with Crippen molar-refractivity contribution in [2.45, 2.75) is 44.9 Å². The monoisotopic (exact) mass is 457 g/mol. The van der Waals surface area contributed by atoms with Gasteiger partial charge >= 0.3 is 5.97 Å². The summed E-state index contributed by atoms with van der Waals surface area (Å²) >= 11 is 6.21. The topological polar surface area (TPSA) is 83.4 Å². The van der Waals surface area contributed by atoms with Gasteiger partial charge in [-0.1, -0.05) is 23.7 Å². The summed E-state index contributed by atoms with van der Waals surface area (Å²) in [7, 11) is 0. The van der Waals surface area contributed by atoms with Crippen molar-refractivity contribution in [3.8, 4) is 11.5 Å². The van der Waals surface area contributed by atoms with E-state index in [1.54, 1.807) is 26.0 Å². The second-order valence-electron chi connectivity index (χ2n) is 8.33. The Hall–Kier alpha value is -2.61. The Kier molecular flexibility index (Phi) is 6.98. The van der Waals surface area contributed by atoms with Gasteiger partial charge in [-0.15, -0.1) is 0 Å². The van der Waals surface area contributed by atoms with Crippen LogP contribution < -0.4 is 10.1 Å². The van der Waals surface area contributed by atoms with Crippen molar-refractivity contribution in [3.05, 3.63) is 53.1 Å². The average Bonchev–Trinajstić information content (AvgIpc) is 2.89. The molecule has 2 N–H and O–H groups in total. The SMILES string of the molecule is C[C@H](O)C[C@H](C)OC(=O)C[C@H]1CN(C2=Nc3cc(Cl)ccc3Oc3ccccc32)CCN1. The van der Waals surface area contributed by atoms with Gasteiger partial charge in [0.05, 0.1) is 18.1 Å². The molecule has 2 aliphatic rings. The van der Waals surface area contributed by atoms with E-state index in [-0.39, 0.29) is 24.5 Å². The molecule has 0 bridgehead atoms. The standard InChI is InChI=1S/C24H28ClN3O4/c1-15(29)11-16(2)31-23(30)13-18-14-28(10-9-26-18)24-19-5-3-4-6-21(19)32-22-8-7-17(25)12-20(22)27-24/h3-8,12,15-16,18,26,29H,9-11,13-14H2,1-2H3/t15-,16-,18-/m0/s1. The molecule has 0 radical (unpaired) electrons. The fourth-order valence-corrected chi connectivity index (χ4v) is 4.26. The molecule has 8 heteroatoms. The number of ether oxygens (including phenoxy) is 2. The van der Waals surface area contributed by atoms with Gasteiger partial charge in [-0.2, -0.15) is 0 Å². The lowest BCUT2D eigenvalue weighted by Gasteiger charge is -2.35. The summed E-state index contributed by atoms with van der Waals surface area (Å²) < 4.78 is 11.6. The van der Waals surface area contributed by atoms with Crippen molar-refractivity contribution < 1.29 is 19.4 Å².